The minimum absolute atomic E-state index is 0.225. The van der Waals surface area contributed by atoms with E-state index in [1.807, 2.05) is 0 Å². The number of carbonyl (C=O) groups excluding carboxylic acids is 1. The predicted octanol–water partition coefficient (Wildman–Crippen LogP) is 3.07. The predicted molar refractivity (Wildman–Crippen MR) is 80.0 cm³/mol. The van der Waals surface area contributed by atoms with Crippen molar-refractivity contribution in [2.24, 2.45) is 0 Å². The maximum absolute atomic E-state index is 12.9. The van der Waals surface area contributed by atoms with Crippen LogP contribution in [0.15, 0.2) is 42.6 Å². The van der Waals surface area contributed by atoms with Crippen molar-refractivity contribution >= 4 is 17.4 Å². The molecule has 5 heteroatoms. The molecule has 0 bridgehead atoms. The summed E-state index contributed by atoms with van der Waals surface area (Å²) in [5, 5.41) is 2.78. The average molecular weight is 285 g/mol. The van der Waals surface area contributed by atoms with Crippen LogP contribution in [0.5, 0.6) is 0 Å². The molecule has 21 heavy (non-hydrogen) atoms. The highest BCUT2D eigenvalue weighted by Gasteiger charge is 2.20. The molecule has 108 valence electrons. The Kier molecular flexibility index (Phi) is 3.81. The molecule has 2 heterocycles. The Morgan fingerprint density at radius 2 is 1.86 bits per heavy atom. The second-order valence-corrected chi connectivity index (χ2v) is 5.03. The topological polar surface area (TPSA) is 45.2 Å². The summed E-state index contributed by atoms with van der Waals surface area (Å²) in [6.45, 7) is 1.85. The minimum Gasteiger partial charge on any atom is -0.356 e. The molecule has 1 fully saturated rings. The lowest BCUT2D eigenvalue weighted by Gasteiger charge is -2.19. The van der Waals surface area contributed by atoms with Crippen molar-refractivity contribution in [3.63, 3.8) is 0 Å². The van der Waals surface area contributed by atoms with E-state index in [1.54, 1.807) is 30.5 Å². The number of benzene rings is 1. The van der Waals surface area contributed by atoms with Crippen molar-refractivity contribution in [1.29, 1.82) is 0 Å². The summed E-state index contributed by atoms with van der Waals surface area (Å²) in [7, 11) is 0. The van der Waals surface area contributed by atoms with Gasteiger partial charge in [0.15, 0.2) is 0 Å². The average Bonchev–Trinajstić information content (AvgIpc) is 3.04. The van der Waals surface area contributed by atoms with Crippen LogP contribution in [0.3, 0.4) is 0 Å². The van der Waals surface area contributed by atoms with Gasteiger partial charge in [0, 0.05) is 25.0 Å². The Hall–Kier alpha value is -2.43. The van der Waals surface area contributed by atoms with Gasteiger partial charge < -0.3 is 10.2 Å². The van der Waals surface area contributed by atoms with Gasteiger partial charge in [0.2, 0.25) is 0 Å². The smallest absolute Gasteiger partial charge is 0.259 e. The quantitative estimate of drug-likeness (QED) is 0.942. The highest BCUT2D eigenvalue weighted by atomic mass is 19.1. The first-order chi connectivity index (χ1) is 10.2. The van der Waals surface area contributed by atoms with Crippen molar-refractivity contribution in [3.8, 4) is 0 Å². The van der Waals surface area contributed by atoms with Crippen LogP contribution in [0.1, 0.15) is 23.2 Å². The second-order valence-electron chi connectivity index (χ2n) is 5.03. The molecule has 1 amide bonds. The van der Waals surface area contributed by atoms with Crippen molar-refractivity contribution < 1.29 is 9.18 Å². The van der Waals surface area contributed by atoms with E-state index < -0.39 is 0 Å². The molecule has 1 aliphatic heterocycles. The minimum atomic E-state index is -0.327. The number of aromatic nitrogens is 1. The zero-order valence-electron chi connectivity index (χ0n) is 11.6. The highest BCUT2D eigenvalue weighted by Crippen LogP contribution is 2.22. The molecule has 2 aromatic rings. The maximum atomic E-state index is 12.9. The van der Waals surface area contributed by atoms with Crippen LogP contribution >= 0.6 is 0 Å². The van der Waals surface area contributed by atoms with E-state index in [1.165, 1.54) is 12.1 Å². The Morgan fingerprint density at radius 1 is 1.14 bits per heavy atom. The summed E-state index contributed by atoms with van der Waals surface area (Å²) < 4.78 is 12.9. The van der Waals surface area contributed by atoms with Gasteiger partial charge in [-0.3, -0.25) is 4.79 Å². The SMILES string of the molecule is O=C(Nc1ccc(F)cc1)c1cccnc1N1CCCC1. The van der Waals surface area contributed by atoms with Crippen LogP contribution in [-0.2, 0) is 0 Å². The Balaban J connectivity index is 1.82. The number of carbonyl (C=O) groups is 1. The summed E-state index contributed by atoms with van der Waals surface area (Å²) in [6, 6.07) is 9.23. The normalized spacial score (nSPS) is 14.2. The van der Waals surface area contributed by atoms with Crippen LogP contribution in [0.4, 0.5) is 15.9 Å². The number of nitrogens with one attached hydrogen (secondary N) is 1. The van der Waals surface area contributed by atoms with E-state index in [-0.39, 0.29) is 11.7 Å². The number of halogens is 1. The molecule has 0 unspecified atom stereocenters. The molecule has 0 saturated carbocycles. The molecule has 1 aromatic carbocycles. The van der Waals surface area contributed by atoms with Crippen LogP contribution in [-0.4, -0.2) is 24.0 Å². The molecule has 0 aliphatic carbocycles. The van der Waals surface area contributed by atoms with Crippen LogP contribution < -0.4 is 10.2 Å². The van der Waals surface area contributed by atoms with Crippen molar-refractivity contribution in [3.05, 3.63) is 54.0 Å². The van der Waals surface area contributed by atoms with Crippen LogP contribution in [0, 0.1) is 5.82 Å². The first-order valence-electron chi connectivity index (χ1n) is 7.01. The standard InChI is InChI=1S/C16H16FN3O/c17-12-5-7-13(8-6-12)19-16(21)14-4-3-9-18-15(14)20-10-1-2-11-20/h3-9H,1-2,10-11H2,(H,19,21). The molecular formula is C16H16FN3O. The monoisotopic (exact) mass is 285 g/mol. The van der Waals surface area contributed by atoms with Gasteiger partial charge in [0.1, 0.15) is 11.6 Å². The molecule has 1 aliphatic rings. The zero-order valence-corrected chi connectivity index (χ0v) is 11.6. The Bertz CT molecular complexity index is 636. The number of nitrogens with zero attached hydrogens (tertiary/aromatic N) is 2. The maximum Gasteiger partial charge on any atom is 0.259 e. The Morgan fingerprint density at radius 3 is 2.57 bits per heavy atom. The third-order valence-electron chi connectivity index (χ3n) is 3.54. The third kappa shape index (κ3) is 3.02. The van der Waals surface area contributed by atoms with Gasteiger partial charge >= 0.3 is 0 Å². The van der Waals surface area contributed by atoms with E-state index in [4.69, 9.17) is 0 Å². The molecule has 1 saturated heterocycles. The second kappa shape index (κ2) is 5.91. The molecule has 4 nitrogen and oxygen atoms in total. The Labute approximate surface area is 122 Å². The number of anilines is 2. The molecule has 0 atom stereocenters. The number of pyridine rings is 1. The summed E-state index contributed by atoms with van der Waals surface area (Å²) in [5.74, 6) is 0.165. The first-order valence-corrected chi connectivity index (χ1v) is 7.01. The van der Waals surface area contributed by atoms with E-state index in [0.717, 1.165) is 31.7 Å². The van der Waals surface area contributed by atoms with Crippen LogP contribution in [0.2, 0.25) is 0 Å². The summed E-state index contributed by atoms with van der Waals surface area (Å²) in [6.07, 6.45) is 3.94. The van der Waals surface area contributed by atoms with Crippen molar-refractivity contribution in [2.75, 3.05) is 23.3 Å². The fourth-order valence-electron chi connectivity index (χ4n) is 2.49. The summed E-state index contributed by atoms with van der Waals surface area (Å²) in [5.41, 5.74) is 1.11. The summed E-state index contributed by atoms with van der Waals surface area (Å²) >= 11 is 0. The van der Waals surface area contributed by atoms with Gasteiger partial charge in [-0.25, -0.2) is 9.37 Å². The van der Waals surface area contributed by atoms with Gasteiger partial charge in [-0.15, -0.1) is 0 Å². The van der Waals surface area contributed by atoms with E-state index in [0.29, 0.717) is 11.3 Å². The lowest BCUT2D eigenvalue weighted by atomic mass is 10.2. The largest absolute Gasteiger partial charge is 0.356 e. The number of hydrogen-bond donors (Lipinski definition) is 1. The first kappa shape index (κ1) is 13.5. The molecule has 0 radical (unpaired) electrons. The fourth-order valence-corrected chi connectivity index (χ4v) is 2.49. The molecule has 0 spiro atoms. The molecule has 1 N–H and O–H groups in total. The van der Waals surface area contributed by atoms with Crippen LogP contribution in [0.25, 0.3) is 0 Å². The lowest BCUT2D eigenvalue weighted by molar-refractivity contribution is 0.102. The van der Waals surface area contributed by atoms with Crippen molar-refractivity contribution in [2.45, 2.75) is 12.8 Å². The zero-order chi connectivity index (χ0) is 14.7. The molecular weight excluding hydrogens is 269 g/mol. The van der Waals surface area contributed by atoms with Crippen molar-refractivity contribution in [1.82, 2.24) is 4.98 Å². The third-order valence-corrected chi connectivity index (χ3v) is 3.54. The highest BCUT2D eigenvalue weighted by molar-refractivity contribution is 6.07. The fraction of sp³-hybridized carbons (Fsp3) is 0.250. The number of rotatable bonds is 3. The summed E-state index contributed by atoms with van der Waals surface area (Å²) in [4.78, 5) is 18.9. The number of amides is 1. The number of hydrogen-bond acceptors (Lipinski definition) is 3. The van der Waals surface area contributed by atoms with Gasteiger partial charge in [-0.1, -0.05) is 0 Å². The van der Waals surface area contributed by atoms with E-state index in [2.05, 4.69) is 15.2 Å². The van der Waals surface area contributed by atoms with E-state index in [9.17, 15) is 9.18 Å². The lowest BCUT2D eigenvalue weighted by Crippen LogP contribution is -2.24. The van der Waals surface area contributed by atoms with Gasteiger partial charge in [-0.2, -0.15) is 0 Å². The molecule has 1 aromatic heterocycles. The van der Waals surface area contributed by atoms with Gasteiger partial charge in [-0.05, 0) is 49.2 Å². The van der Waals surface area contributed by atoms with Gasteiger partial charge in [0.05, 0.1) is 5.56 Å². The van der Waals surface area contributed by atoms with E-state index >= 15 is 0 Å². The van der Waals surface area contributed by atoms with Gasteiger partial charge in [0.25, 0.3) is 5.91 Å². The molecule has 3 rings (SSSR count).